The minimum absolute atomic E-state index is 0.221. The molecule has 0 aromatic heterocycles. The number of aliphatic carboxylic acids is 1. The summed E-state index contributed by atoms with van der Waals surface area (Å²) in [5.74, 6) is -5.40. The summed E-state index contributed by atoms with van der Waals surface area (Å²) in [4.78, 5) is 10.2. The highest BCUT2D eigenvalue weighted by atomic mass is 19.4. The van der Waals surface area contributed by atoms with Gasteiger partial charge in [-0.3, -0.25) is 4.79 Å². The van der Waals surface area contributed by atoms with E-state index < -0.39 is 29.9 Å². The van der Waals surface area contributed by atoms with Crippen molar-refractivity contribution in [2.75, 3.05) is 6.54 Å². The summed E-state index contributed by atoms with van der Waals surface area (Å²) < 4.78 is 35.9. The molecule has 1 fully saturated rings. The van der Waals surface area contributed by atoms with Crippen molar-refractivity contribution in [2.45, 2.75) is 6.18 Å². The zero-order valence-electron chi connectivity index (χ0n) is 6.01. The van der Waals surface area contributed by atoms with E-state index in [-0.39, 0.29) is 6.54 Å². The van der Waals surface area contributed by atoms with E-state index in [1.807, 2.05) is 0 Å². The van der Waals surface area contributed by atoms with E-state index in [2.05, 4.69) is 0 Å². The lowest BCUT2D eigenvalue weighted by atomic mass is 10.3. The van der Waals surface area contributed by atoms with E-state index in [1.54, 1.807) is 0 Å². The van der Waals surface area contributed by atoms with Crippen LogP contribution >= 0.6 is 0 Å². The molecule has 0 aromatic carbocycles. The molecule has 1 aliphatic carbocycles. The number of nitrogens with two attached hydrogens (primary N) is 1. The first-order chi connectivity index (χ1) is 5.39. The van der Waals surface area contributed by atoms with Gasteiger partial charge in [-0.1, -0.05) is 0 Å². The number of alkyl halides is 3. The number of hydrogen-bond donors (Lipinski definition) is 2. The fraction of sp³-hybridized carbons (Fsp3) is 0.833. The van der Waals surface area contributed by atoms with Crippen LogP contribution in [0.5, 0.6) is 0 Å². The van der Waals surface area contributed by atoms with Crippen molar-refractivity contribution in [1.29, 1.82) is 0 Å². The summed E-state index contributed by atoms with van der Waals surface area (Å²) in [5.41, 5.74) is 4.99. The maximum Gasteiger partial charge on any atom is 0.393 e. The molecular formula is C6H8F3NO2. The fourth-order valence-corrected chi connectivity index (χ4v) is 1.45. The Morgan fingerprint density at radius 1 is 1.50 bits per heavy atom. The zero-order chi connectivity index (χ0) is 9.52. The molecule has 0 radical (unpaired) electrons. The molecule has 0 amide bonds. The Hall–Kier alpha value is -0.780. The third kappa shape index (κ3) is 1.38. The highest BCUT2D eigenvalue weighted by Crippen LogP contribution is 2.55. The number of carbonyl (C=O) groups is 1. The van der Waals surface area contributed by atoms with Crippen LogP contribution in [0.2, 0.25) is 0 Å². The molecule has 0 bridgehead atoms. The molecular weight excluding hydrogens is 175 g/mol. The van der Waals surface area contributed by atoms with Crippen molar-refractivity contribution < 1.29 is 23.1 Å². The average Bonchev–Trinajstić information content (AvgIpc) is 2.58. The van der Waals surface area contributed by atoms with Crippen LogP contribution in [0.3, 0.4) is 0 Å². The van der Waals surface area contributed by atoms with Crippen LogP contribution in [0.1, 0.15) is 0 Å². The topological polar surface area (TPSA) is 63.3 Å². The molecule has 0 aromatic rings. The molecule has 1 aliphatic rings. The summed E-state index contributed by atoms with van der Waals surface area (Å²) in [6.07, 6.45) is -4.42. The van der Waals surface area contributed by atoms with Gasteiger partial charge in [0.25, 0.3) is 0 Å². The number of rotatable bonds is 2. The molecule has 3 atom stereocenters. The van der Waals surface area contributed by atoms with E-state index in [4.69, 9.17) is 10.8 Å². The molecule has 1 saturated carbocycles. The second-order valence-electron chi connectivity index (χ2n) is 2.83. The Kier molecular flexibility index (Phi) is 2.03. The van der Waals surface area contributed by atoms with E-state index in [0.29, 0.717) is 0 Å². The molecule has 0 heterocycles. The molecule has 0 aliphatic heterocycles. The lowest BCUT2D eigenvalue weighted by molar-refractivity contribution is -0.161. The van der Waals surface area contributed by atoms with Crippen LogP contribution < -0.4 is 5.73 Å². The minimum Gasteiger partial charge on any atom is -0.481 e. The van der Waals surface area contributed by atoms with Crippen LogP contribution in [-0.4, -0.2) is 23.8 Å². The van der Waals surface area contributed by atoms with Gasteiger partial charge >= 0.3 is 12.1 Å². The Morgan fingerprint density at radius 3 is 2.08 bits per heavy atom. The number of carboxylic acids is 1. The van der Waals surface area contributed by atoms with E-state index in [1.165, 1.54) is 0 Å². The Balaban J connectivity index is 2.65. The van der Waals surface area contributed by atoms with Gasteiger partial charge in [0.15, 0.2) is 0 Å². The predicted molar refractivity (Wildman–Crippen MR) is 33.2 cm³/mol. The second-order valence-corrected chi connectivity index (χ2v) is 2.83. The highest BCUT2D eigenvalue weighted by Gasteiger charge is 2.66. The van der Waals surface area contributed by atoms with Gasteiger partial charge in [0.2, 0.25) is 0 Å². The van der Waals surface area contributed by atoms with Crippen LogP contribution in [0.25, 0.3) is 0 Å². The average molecular weight is 183 g/mol. The summed E-state index contributed by atoms with van der Waals surface area (Å²) in [5, 5.41) is 8.33. The van der Waals surface area contributed by atoms with Crippen LogP contribution in [0, 0.1) is 17.8 Å². The Morgan fingerprint density at radius 2 is 2.00 bits per heavy atom. The lowest BCUT2D eigenvalue weighted by Crippen LogP contribution is -2.16. The largest absolute Gasteiger partial charge is 0.481 e. The van der Waals surface area contributed by atoms with Crippen LogP contribution in [-0.2, 0) is 4.79 Å². The van der Waals surface area contributed by atoms with Gasteiger partial charge in [-0.05, 0) is 12.5 Å². The fourth-order valence-electron chi connectivity index (χ4n) is 1.45. The molecule has 3 N–H and O–H groups in total. The molecule has 6 heteroatoms. The molecule has 3 nitrogen and oxygen atoms in total. The minimum atomic E-state index is -4.42. The maximum absolute atomic E-state index is 12.0. The Labute approximate surface area is 66.4 Å². The van der Waals surface area contributed by atoms with Gasteiger partial charge in [0.05, 0.1) is 11.8 Å². The van der Waals surface area contributed by atoms with Gasteiger partial charge in [-0.2, -0.15) is 13.2 Å². The highest BCUT2D eigenvalue weighted by molar-refractivity contribution is 5.74. The monoisotopic (exact) mass is 183 g/mol. The van der Waals surface area contributed by atoms with Crippen molar-refractivity contribution in [1.82, 2.24) is 0 Å². The standard InChI is InChI=1S/C6H8F3NO2/c7-6(8,9)4-2(1-10)3(4)5(11)12/h2-4H,1,10H2,(H,11,12)/t2-,3-,4+/m1/s1. The number of halogens is 3. The predicted octanol–water partition coefficient (Wildman–Crippen LogP) is 0.454. The summed E-state index contributed by atoms with van der Waals surface area (Å²) in [6, 6.07) is 0. The van der Waals surface area contributed by atoms with Crippen LogP contribution in [0.4, 0.5) is 13.2 Å². The molecule has 0 saturated heterocycles. The molecule has 12 heavy (non-hydrogen) atoms. The van der Waals surface area contributed by atoms with Gasteiger partial charge in [0, 0.05) is 0 Å². The zero-order valence-corrected chi connectivity index (χ0v) is 6.01. The first-order valence-electron chi connectivity index (χ1n) is 3.39. The summed E-state index contributed by atoms with van der Waals surface area (Å²) in [6.45, 7) is -0.221. The van der Waals surface area contributed by atoms with Crippen LogP contribution in [0.15, 0.2) is 0 Å². The van der Waals surface area contributed by atoms with Gasteiger partial charge in [0.1, 0.15) is 0 Å². The van der Waals surface area contributed by atoms with Crippen molar-refractivity contribution in [3.05, 3.63) is 0 Å². The van der Waals surface area contributed by atoms with Gasteiger partial charge in [-0.15, -0.1) is 0 Å². The smallest absolute Gasteiger partial charge is 0.393 e. The van der Waals surface area contributed by atoms with E-state index in [0.717, 1.165) is 0 Å². The van der Waals surface area contributed by atoms with Gasteiger partial charge < -0.3 is 10.8 Å². The Bertz CT molecular complexity index is 203. The first-order valence-corrected chi connectivity index (χ1v) is 3.39. The summed E-state index contributed by atoms with van der Waals surface area (Å²) in [7, 11) is 0. The molecule has 70 valence electrons. The van der Waals surface area contributed by atoms with E-state index in [9.17, 15) is 18.0 Å². The molecule has 1 rings (SSSR count). The number of carboxylic acid groups (broad SMARTS) is 1. The van der Waals surface area contributed by atoms with Crippen molar-refractivity contribution in [2.24, 2.45) is 23.5 Å². The second kappa shape index (κ2) is 2.62. The van der Waals surface area contributed by atoms with Crippen molar-refractivity contribution in [3.8, 4) is 0 Å². The maximum atomic E-state index is 12.0. The quantitative estimate of drug-likeness (QED) is 0.653. The normalized spacial score (nSPS) is 34.8. The van der Waals surface area contributed by atoms with E-state index >= 15 is 0 Å². The van der Waals surface area contributed by atoms with Crippen molar-refractivity contribution >= 4 is 5.97 Å². The SMILES string of the molecule is NC[C@@H]1[C@@H](C(=O)O)[C@H]1C(F)(F)F. The summed E-state index contributed by atoms with van der Waals surface area (Å²) >= 11 is 0. The molecule has 0 unspecified atom stereocenters. The van der Waals surface area contributed by atoms with Crippen molar-refractivity contribution in [3.63, 3.8) is 0 Å². The first kappa shape index (κ1) is 9.31. The lowest BCUT2D eigenvalue weighted by Gasteiger charge is -2.02. The third-order valence-electron chi connectivity index (χ3n) is 2.10. The molecule has 0 spiro atoms. The number of hydrogen-bond acceptors (Lipinski definition) is 2. The third-order valence-corrected chi connectivity index (χ3v) is 2.10. The van der Waals surface area contributed by atoms with Gasteiger partial charge in [-0.25, -0.2) is 0 Å².